The third-order valence-electron chi connectivity index (χ3n) is 2.30. The standard InChI is InChI=1S/C12H14IN3O/c1-7(2)5-11-15-12(17-16-11)9-6-8(13)3-4-10(9)14/h3-4,6-7H,5,14H2,1-2H3. The zero-order valence-corrected chi connectivity index (χ0v) is 11.9. The average Bonchev–Trinajstić information content (AvgIpc) is 2.69. The van der Waals surface area contributed by atoms with Crippen LogP contribution in [0.25, 0.3) is 11.5 Å². The summed E-state index contributed by atoms with van der Waals surface area (Å²) in [6.07, 6.45) is 0.813. The maximum atomic E-state index is 5.90. The first-order valence-corrected chi connectivity index (χ1v) is 6.52. The number of nitrogens with zero attached hydrogens (tertiary/aromatic N) is 2. The highest BCUT2D eigenvalue weighted by atomic mass is 127. The van der Waals surface area contributed by atoms with E-state index in [1.165, 1.54) is 0 Å². The van der Waals surface area contributed by atoms with Crippen LogP contribution in [-0.4, -0.2) is 10.1 Å². The van der Waals surface area contributed by atoms with Crippen LogP contribution in [0.5, 0.6) is 0 Å². The lowest BCUT2D eigenvalue weighted by Gasteiger charge is -2.00. The minimum Gasteiger partial charge on any atom is -0.398 e. The fourth-order valence-corrected chi connectivity index (χ4v) is 2.02. The molecular weight excluding hydrogens is 329 g/mol. The van der Waals surface area contributed by atoms with Gasteiger partial charge in [-0.2, -0.15) is 4.98 Å². The molecule has 0 fully saturated rings. The van der Waals surface area contributed by atoms with Gasteiger partial charge in [0, 0.05) is 15.7 Å². The molecule has 0 radical (unpaired) electrons. The predicted octanol–water partition coefficient (Wildman–Crippen LogP) is 3.12. The Bertz CT molecular complexity index is 522. The normalized spacial score (nSPS) is 11.1. The van der Waals surface area contributed by atoms with Crippen LogP contribution in [0.15, 0.2) is 22.7 Å². The van der Waals surface area contributed by atoms with Gasteiger partial charge in [0.25, 0.3) is 5.89 Å². The van der Waals surface area contributed by atoms with Gasteiger partial charge < -0.3 is 10.3 Å². The molecule has 2 N–H and O–H groups in total. The minimum atomic E-state index is 0.497. The van der Waals surface area contributed by atoms with Crippen molar-refractivity contribution in [2.24, 2.45) is 5.92 Å². The number of benzene rings is 1. The van der Waals surface area contributed by atoms with E-state index in [0.717, 1.165) is 21.4 Å². The zero-order chi connectivity index (χ0) is 12.4. The van der Waals surface area contributed by atoms with Crippen molar-refractivity contribution in [2.75, 3.05) is 5.73 Å². The summed E-state index contributed by atoms with van der Waals surface area (Å²) in [6.45, 7) is 4.24. The molecule has 0 atom stereocenters. The first kappa shape index (κ1) is 12.3. The average molecular weight is 343 g/mol. The van der Waals surface area contributed by atoms with Crippen molar-refractivity contribution in [3.8, 4) is 11.5 Å². The molecule has 0 saturated heterocycles. The predicted molar refractivity (Wildman–Crippen MR) is 75.4 cm³/mol. The number of nitrogen functional groups attached to an aromatic ring is 1. The molecular formula is C12H14IN3O. The molecule has 2 rings (SSSR count). The Labute approximate surface area is 114 Å². The first-order valence-electron chi connectivity index (χ1n) is 5.44. The summed E-state index contributed by atoms with van der Waals surface area (Å²) in [7, 11) is 0. The van der Waals surface area contributed by atoms with E-state index in [1.807, 2.05) is 18.2 Å². The van der Waals surface area contributed by atoms with Crippen molar-refractivity contribution in [1.29, 1.82) is 0 Å². The van der Waals surface area contributed by atoms with Crippen molar-refractivity contribution < 1.29 is 4.52 Å². The molecule has 0 bridgehead atoms. The van der Waals surface area contributed by atoms with E-state index < -0.39 is 0 Å². The Morgan fingerprint density at radius 1 is 1.41 bits per heavy atom. The Hall–Kier alpha value is -1.11. The van der Waals surface area contributed by atoms with Gasteiger partial charge in [-0.3, -0.25) is 0 Å². The molecule has 0 amide bonds. The van der Waals surface area contributed by atoms with Crippen molar-refractivity contribution in [3.63, 3.8) is 0 Å². The minimum absolute atomic E-state index is 0.497. The Balaban J connectivity index is 2.33. The molecule has 0 spiro atoms. The van der Waals surface area contributed by atoms with E-state index >= 15 is 0 Å². The van der Waals surface area contributed by atoms with Gasteiger partial charge in [-0.15, -0.1) is 0 Å². The molecule has 0 saturated carbocycles. The number of anilines is 1. The smallest absolute Gasteiger partial charge is 0.260 e. The van der Waals surface area contributed by atoms with Gasteiger partial charge in [0.1, 0.15) is 0 Å². The summed E-state index contributed by atoms with van der Waals surface area (Å²) >= 11 is 2.23. The summed E-state index contributed by atoms with van der Waals surface area (Å²) in [5.41, 5.74) is 7.36. The van der Waals surface area contributed by atoms with Crippen molar-refractivity contribution in [3.05, 3.63) is 27.6 Å². The highest BCUT2D eigenvalue weighted by Crippen LogP contribution is 2.26. The van der Waals surface area contributed by atoms with Crippen LogP contribution in [0.3, 0.4) is 0 Å². The first-order chi connectivity index (χ1) is 8.06. The SMILES string of the molecule is CC(C)Cc1noc(-c2cc(I)ccc2N)n1. The molecule has 1 aromatic carbocycles. The second kappa shape index (κ2) is 5.03. The number of halogens is 1. The number of hydrogen-bond donors (Lipinski definition) is 1. The van der Waals surface area contributed by atoms with Gasteiger partial charge in [-0.25, -0.2) is 0 Å². The van der Waals surface area contributed by atoms with Crippen LogP contribution in [0.1, 0.15) is 19.7 Å². The topological polar surface area (TPSA) is 64.9 Å². The van der Waals surface area contributed by atoms with Crippen LogP contribution in [-0.2, 0) is 6.42 Å². The Morgan fingerprint density at radius 2 is 2.18 bits per heavy atom. The summed E-state index contributed by atoms with van der Waals surface area (Å²) in [5.74, 6) is 1.73. The van der Waals surface area contributed by atoms with Crippen molar-refractivity contribution in [1.82, 2.24) is 10.1 Å². The van der Waals surface area contributed by atoms with Crippen molar-refractivity contribution in [2.45, 2.75) is 20.3 Å². The molecule has 17 heavy (non-hydrogen) atoms. The maximum Gasteiger partial charge on any atom is 0.260 e. The quantitative estimate of drug-likeness (QED) is 0.687. The van der Waals surface area contributed by atoms with Gasteiger partial charge in [0.05, 0.1) is 5.56 Å². The van der Waals surface area contributed by atoms with E-state index in [4.69, 9.17) is 10.3 Å². The Kier molecular flexibility index (Phi) is 3.66. The summed E-state index contributed by atoms with van der Waals surface area (Å²) in [5, 5.41) is 3.96. The molecule has 0 unspecified atom stereocenters. The van der Waals surface area contributed by atoms with Gasteiger partial charge in [-0.1, -0.05) is 19.0 Å². The van der Waals surface area contributed by atoms with E-state index in [9.17, 15) is 0 Å². The molecule has 0 aliphatic carbocycles. The number of nitrogens with two attached hydrogens (primary N) is 1. The number of aromatic nitrogens is 2. The van der Waals surface area contributed by atoms with Crippen LogP contribution in [0, 0.1) is 9.49 Å². The van der Waals surface area contributed by atoms with Crippen LogP contribution in [0.2, 0.25) is 0 Å². The second-order valence-electron chi connectivity index (χ2n) is 4.35. The van der Waals surface area contributed by atoms with Gasteiger partial charge in [-0.05, 0) is 46.7 Å². The van der Waals surface area contributed by atoms with Crippen LogP contribution < -0.4 is 5.73 Å². The van der Waals surface area contributed by atoms with Crippen LogP contribution in [0.4, 0.5) is 5.69 Å². The molecule has 2 aromatic rings. The van der Waals surface area contributed by atoms with Gasteiger partial charge in [0.2, 0.25) is 0 Å². The molecule has 0 aliphatic heterocycles. The van der Waals surface area contributed by atoms with Gasteiger partial charge in [0.15, 0.2) is 5.82 Å². The lowest BCUT2D eigenvalue weighted by molar-refractivity contribution is 0.418. The summed E-state index contributed by atoms with van der Waals surface area (Å²) in [6, 6.07) is 5.75. The lowest BCUT2D eigenvalue weighted by atomic mass is 10.1. The van der Waals surface area contributed by atoms with Crippen LogP contribution >= 0.6 is 22.6 Å². The third-order valence-corrected chi connectivity index (χ3v) is 2.98. The Morgan fingerprint density at radius 3 is 2.88 bits per heavy atom. The molecule has 0 aliphatic rings. The van der Waals surface area contributed by atoms with E-state index in [0.29, 0.717) is 17.5 Å². The van der Waals surface area contributed by atoms with E-state index in [-0.39, 0.29) is 0 Å². The fraction of sp³-hybridized carbons (Fsp3) is 0.333. The molecule has 5 heteroatoms. The molecule has 90 valence electrons. The fourth-order valence-electron chi connectivity index (χ4n) is 1.53. The molecule has 4 nitrogen and oxygen atoms in total. The summed E-state index contributed by atoms with van der Waals surface area (Å²) < 4.78 is 6.34. The monoisotopic (exact) mass is 343 g/mol. The number of hydrogen-bond acceptors (Lipinski definition) is 4. The maximum absolute atomic E-state index is 5.90. The largest absolute Gasteiger partial charge is 0.398 e. The third kappa shape index (κ3) is 2.96. The van der Waals surface area contributed by atoms with E-state index in [1.54, 1.807) is 0 Å². The second-order valence-corrected chi connectivity index (χ2v) is 5.59. The van der Waals surface area contributed by atoms with Crippen molar-refractivity contribution >= 4 is 28.3 Å². The molecule has 1 aromatic heterocycles. The lowest BCUT2D eigenvalue weighted by Crippen LogP contribution is -1.96. The van der Waals surface area contributed by atoms with E-state index in [2.05, 4.69) is 46.6 Å². The number of rotatable bonds is 3. The summed E-state index contributed by atoms with van der Waals surface area (Å²) in [4.78, 5) is 4.36. The van der Waals surface area contributed by atoms with Gasteiger partial charge >= 0.3 is 0 Å². The molecule has 1 heterocycles. The zero-order valence-electron chi connectivity index (χ0n) is 9.77. The highest BCUT2D eigenvalue weighted by Gasteiger charge is 2.12. The highest BCUT2D eigenvalue weighted by molar-refractivity contribution is 14.1.